The topological polar surface area (TPSA) is 26.8 Å². The summed E-state index contributed by atoms with van der Waals surface area (Å²) in [5.41, 5.74) is 3.21. The molecule has 0 bridgehead atoms. The third-order valence-electron chi connectivity index (χ3n) is 5.45. The zero-order valence-electron chi connectivity index (χ0n) is 14.6. The number of amides is 1. The molecule has 2 aliphatic heterocycles. The molecule has 1 amide bonds. The van der Waals surface area contributed by atoms with Crippen LogP contribution in [-0.2, 0) is 0 Å². The van der Waals surface area contributed by atoms with Gasteiger partial charge in [0.2, 0.25) is 0 Å². The first-order valence-corrected chi connectivity index (χ1v) is 9.09. The maximum atomic E-state index is 12.6. The van der Waals surface area contributed by atoms with E-state index < -0.39 is 0 Å². The molecular weight excluding hydrogens is 298 g/mol. The second-order valence-electron chi connectivity index (χ2n) is 6.66. The molecule has 4 heteroatoms. The minimum absolute atomic E-state index is 0.142. The van der Waals surface area contributed by atoms with E-state index in [9.17, 15) is 4.79 Å². The molecule has 0 saturated carbocycles. The Morgan fingerprint density at radius 1 is 0.917 bits per heavy atom. The summed E-state index contributed by atoms with van der Waals surface area (Å²) in [5.74, 6) is 0.142. The number of hydrogen-bond acceptors (Lipinski definition) is 3. The Morgan fingerprint density at radius 2 is 1.75 bits per heavy atom. The number of benzene rings is 2. The lowest BCUT2D eigenvalue weighted by Gasteiger charge is -2.25. The molecule has 0 aliphatic carbocycles. The molecule has 0 unspecified atom stereocenters. The molecule has 126 valence electrons. The third-order valence-corrected chi connectivity index (χ3v) is 5.45. The number of hydrogen-bond donors (Lipinski definition) is 0. The zero-order valence-corrected chi connectivity index (χ0v) is 14.6. The number of rotatable bonds is 3. The molecule has 24 heavy (non-hydrogen) atoms. The van der Waals surface area contributed by atoms with Crippen molar-refractivity contribution in [2.75, 3.05) is 49.1 Å². The van der Waals surface area contributed by atoms with E-state index in [2.05, 4.69) is 34.9 Å². The van der Waals surface area contributed by atoms with Crippen molar-refractivity contribution >= 4 is 28.1 Å². The van der Waals surface area contributed by atoms with Gasteiger partial charge in [-0.15, -0.1) is 0 Å². The number of likely N-dealkylation sites (N-methyl/N-ethyl adjacent to an activating group) is 1. The summed E-state index contributed by atoms with van der Waals surface area (Å²) in [4.78, 5) is 19.5. The van der Waals surface area contributed by atoms with Gasteiger partial charge in [-0.05, 0) is 44.6 Å². The Balaban J connectivity index is 1.79. The van der Waals surface area contributed by atoms with E-state index in [1.165, 1.54) is 24.0 Å². The predicted molar refractivity (Wildman–Crippen MR) is 100 cm³/mol. The Labute approximate surface area is 143 Å². The molecule has 2 aliphatic rings. The molecule has 0 spiro atoms. The predicted octanol–water partition coefficient (Wildman–Crippen LogP) is 3.35. The van der Waals surface area contributed by atoms with Crippen LogP contribution in [0.3, 0.4) is 0 Å². The second kappa shape index (κ2) is 6.10. The van der Waals surface area contributed by atoms with Gasteiger partial charge in [0.15, 0.2) is 0 Å². The van der Waals surface area contributed by atoms with Gasteiger partial charge in [0.05, 0.1) is 5.69 Å². The highest BCUT2D eigenvalue weighted by atomic mass is 16.2. The number of anilines is 2. The van der Waals surface area contributed by atoms with Crippen molar-refractivity contribution in [1.29, 1.82) is 0 Å². The largest absolute Gasteiger partial charge is 0.370 e. The molecule has 0 atom stereocenters. The lowest BCUT2D eigenvalue weighted by atomic mass is 10.0. The fraction of sp³-hybridized carbons (Fsp3) is 0.450. The molecule has 2 aromatic rings. The Morgan fingerprint density at radius 3 is 2.54 bits per heavy atom. The summed E-state index contributed by atoms with van der Waals surface area (Å²) >= 11 is 0. The third kappa shape index (κ3) is 2.28. The molecule has 4 rings (SSSR count). The van der Waals surface area contributed by atoms with E-state index in [1.54, 1.807) is 0 Å². The fourth-order valence-corrected chi connectivity index (χ4v) is 4.15. The van der Waals surface area contributed by atoms with Crippen LogP contribution in [0.1, 0.15) is 30.6 Å². The second-order valence-corrected chi connectivity index (χ2v) is 6.66. The van der Waals surface area contributed by atoms with Crippen molar-refractivity contribution in [3.8, 4) is 0 Å². The van der Waals surface area contributed by atoms with Gasteiger partial charge in [-0.2, -0.15) is 0 Å². The first-order chi connectivity index (χ1) is 11.7. The van der Waals surface area contributed by atoms with Crippen LogP contribution in [0, 0.1) is 0 Å². The van der Waals surface area contributed by atoms with Crippen molar-refractivity contribution in [3.63, 3.8) is 0 Å². The molecule has 1 saturated heterocycles. The van der Waals surface area contributed by atoms with E-state index in [0.717, 1.165) is 49.4 Å². The maximum absolute atomic E-state index is 12.6. The number of carbonyl (C=O) groups is 1. The Kier molecular flexibility index (Phi) is 3.93. The summed E-state index contributed by atoms with van der Waals surface area (Å²) < 4.78 is 0. The van der Waals surface area contributed by atoms with Gasteiger partial charge in [-0.25, -0.2) is 0 Å². The van der Waals surface area contributed by atoms with E-state index in [-0.39, 0.29) is 5.91 Å². The lowest BCUT2D eigenvalue weighted by molar-refractivity contribution is 0.0994. The van der Waals surface area contributed by atoms with Crippen LogP contribution in [0.25, 0.3) is 10.8 Å². The van der Waals surface area contributed by atoms with Crippen LogP contribution in [-0.4, -0.2) is 50.1 Å². The van der Waals surface area contributed by atoms with Crippen LogP contribution < -0.4 is 9.80 Å². The summed E-state index contributed by atoms with van der Waals surface area (Å²) in [6.45, 7) is 10.5. The van der Waals surface area contributed by atoms with E-state index >= 15 is 0 Å². The highest BCUT2D eigenvalue weighted by Gasteiger charge is 2.30. The van der Waals surface area contributed by atoms with Crippen molar-refractivity contribution in [1.82, 2.24) is 4.90 Å². The van der Waals surface area contributed by atoms with Gasteiger partial charge in [0.1, 0.15) is 0 Å². The van der Waals surface area contributed by atoms with Gasteiger partial charge in [0, 0.05) is 48.2 Å². The SMILES string of the molecule is CCN1CCCN(c2ccc3c4c(cccc24)C(=O)N3CC)CC1. The molecule has 2 aromatic carbocycles. The summed E-state index contributed by atoms with van der Waals surface area (Å²) in [6, 6.07) is 10.5. The van der Waals surface area contributed by atoms with Crippen molar-refractivity contribution in [2.24, 2.45) is 0 Å². The van der Waals surface area contributed by atoms with E-state index in [1.807, 2.05) is 24.0 Å². The van der Waals surface area contributed by atoms with Gasteiger partial charge in [-0.1, -0.05) is 19.1 Å². The zero-order chi connectivity index (χ0) is 16.7. The minimum Gasteiger partial charge on any atom is -0.370 e. The van der Waals surface area contributed by atoms with Gasteiger partial charge in [-0.3, -0.25) is 4.79 Å². The molecule has 0 N–H and O–H groups in total. The monoisotopic (exact) mass is 323 g/mol. The van der Waals surface area contributed by atoms with E-state index in [0.29, 0.717) is 0 Å². The molecule has 1 fully saturated rings. The number of nitrogens with zero attached hydrogens (tertiary/aromatic N) is 3. The number of carbonyl (C=O) groups excluding carboxylic acids is 1. The highest BCUT2D eigenvalue weighted by molar-refractivity contribution is 6.26. The van der Waals surface area contributed by atoms with Crippen LogP contribution in [0.5, 0.6) is 0 Å². The first kappa shape index (κ1) is 15.5. The summed E-state index contributed by atoms with van der Waals surface area (Å²) in [6.07, 6.45) is 1.19. The van der Waals surface area contributed by atoms with Crippen LogP contribution in [0.4, 0.5) is 11.4 Å². The Bertz CT molecular complexity index is 786. The Hall–Kier alpha value is -2.07. The van der Waals surface area contributed by atoms with Crippen molar-refractivity contribution in [3.05, 3.63) is 35.9 Å². The van der Waals surface area contributed by atoms with Crippen LogP contribution in [0.2, 0.25) is 0 Å². The maximum Gasteiger partial charge on any atom is 0.258 e. The summed E-state index contributed by atoms with van der Waals surface area (Å²) in [7, 11) is 0. The van der Waals surface area contributed by atoms with Crippen LogP contribution >= 0.6 is 0 Å². The van der Waals surface area contributed by atoms with Gasteiger partial charge >= 0.3 is 0 Å². The molecule has 0 radical (unpaired) electrons. The lowest BCUT2D eigenvalue weighted by Crippen LogP contribution is -2.30. The molecule has 0 aromatic heterocycles. The average Bonchev–Trinajstić information content (AvgIpc) is 2.78. The van der Waals surface area contributed by atoms with Gasteiger partial charge in [0.25, 0.3) is 5.91 Å². The van der Waals surface area contributed by atoms with Crippen LogP contribution in [0.15, 0.2) is 30.3 Å². The van der Waals surface area contributed by atoms with Crippen molar-refractivity contribution < 1.29 is 4.79 Å². The highest BCUT2D eigenvalue weighted by Crippen LogP contribution is 2.41. The summed E-state index contributed by atoms with van der Waals surface area (Å²) in [5, 5.41) is 2.36. The first-order valence-electron chi connectivity index (χ1n) is 9.09. The standard InChI is InChI=1S/C20H25N3O/c1-3-21-11-6-12-22(14-13-21)17-9-10-18-19-15(17)7-5-8-16(19)20(24)23(18)4-2/h5,7-10H,3-4,6,11-14H2,1-2H3. The smallest absolute Gasteiger partial charge is 0.258 e. The average molecular weight is 323 g/mol. The molecule has 4 nitrogen and oxygen atoms in total. The molecular formula is C20H25N3O. The van der Waals surface area contributed by atoms with Gasteiger partial charge < -0.3 is 14.7 Å². The molecule has 2 heterocycles. The van der Waals surface area contributed by atoms with E-state index in [4.69, 9.17) is 0 Å². The normalized spacial score (nSPS) is 18.5. The minimum atomic E-state index is 0.142. The fourth-order valence-electron chi connectivity index (χ4n) is 4.15. The quantitative estimate of drug-likeness (QED) is 0.867. The van der Waals surface area contributed by atoms with Crippen molar-refractivity contribution in [2.45, 2.75) is 20.3 Å².